The van der Waals surface area contributed by atoms with Crippen molar-refractivity contribution < 1.29 is 4.79 Å². The zero-order valence-electron chi connectivity index (χ0n) is 14.9. The van der Waals surface area contributed by atoms with Gasteiger partial charge in [0.2, 0.25) is 5.91 Å². The minimum atomic E-state index is -0.0880. The lowest BCUT2D eigenvalue weighted by molar-refractivity contribution is -0.129. The zero-order valence-corrected chi connectivity index (χ0v) is 17.3. The van der Waals surface area contributed by atoms with E-state index >= 15 is 0 Å². The number of nitrogens with zero attached hydrogens (tertiary/aromatic N) is 2. The Kier molecular flexibility index (Phi) is 5.30. The third-order valence-electron chi connectivity index (χ3n) is 4.31. The lowest BCUT2D eigenvalue weighted by Crippen LogP contribution is -2.37. The van der Waals surface area contributed by atoms with Crippen molar-refractivity contribution in [3.8, 4) is 11.3 Å². The molecule has 4 nitrogen and oxygen atoms in total. The molecule has 0 bridgehead atoms. The summed E-state index contributed by atoms with van der Waals surface area (Å²) < 4.78 is 0.959. The number of rotatable bonds is 4. The molecular weight excluding hydrogens is 398 g/mol. The van der Waals surface area contributed by atoms with Gasteiger partial charge in [-0.25, -0.2) is 4.98 Å². The quantitative estimate of drug-likeness (QED) is 0.752. The molecule has 1 aliphatic rings. The second-order valence-corrected chi connectivity index (χ2v) is 9.70. The number of aromatic nitrogens is 2. The molecule has 0 spiro atoms. The normalized spacial score (nSPS) is 19.6. The summed E-state index contributed by atoms with van der Waals surface area (Å²) in [6.07, 6.45) is 3.64. The number of hydrogen-bond donors (Lipinski definition) is 1. The Balaban J connectivity index is 1.89. The number of H-pyrrole nitrogens is 1. The van der Waals surface area contributed by atoms with Gasteiger partial charge in [0, 0.05) is 9.22 Å². The SMILES string of the molecule is CC(C)[CH]C(=O)N1CSC(C)(C)C1c1ncc(-c2ccc(Br)cc2)[nH]1. The van der Waals surface area contributed by atoms with Gasteiger partial charge in [-0.1, -0.05) is 41.9 Å². The monoisotopic (exact) mass is 420 g/mol. The van der Waals surface area contributed by atoms with Gasteiger partial charge in [-0.15, -0.1) is 11.8 Å². The van der Waals surface area contributed by atoms with Gasteiger partial charge in [-0.05, 0) is 37.5 Å². The minimum Gasteiger partial charge on any atom is -0.340 e. The molecule has 2 heterocycles. The van der Waals surface area contributed by atoms with E-state index in [1.54, 1.807) is 18.2 Å². The second-order valence-electron chi connectivity index (χ2n) is 7.19. The summed E-state index contributed by atoms with van der Waals surface area (Å²) in [5, 5.41) is 0. The second kappa shape index (κ2) is 7.16. The molecule has 1 radical (unpaired) electrons. The lowest BCUT2D eigenvalue weighted by atomic mass is 10.00. The van der Waals surface area contributed by atoms with E-state index < -0.39 is 0 Å². The van der Waals surface area contributed by atoms with E-state index in [0.29, 0.717) is 5.88 Å². The molecule has 1 aromatic heterocycles. The van der Waals surface area contributed by atoms with Gasteiger partial charge in [0.15, 0.2) is 0 Å². The maximum absolute atomic E-state index is 12.7. The third kappa shape index (κ3) is 3.95. The maximum Gasteiger partial charge on any atom is 0.228 e. The van der Waals surface area contributed by atoms with Crippen LogP contribution in [0.4, 0.5) is 0 Å². The highest BCUT2D eigenvalue weighted by Crippen LogP contribution is 2.48. The van der Waals surface area contributed by atoms with Crippen LogP contribution in [-0.4, -0.2) is 31.4 Å². The number of amides is 1. The average molecular weight is 421 g/mol. The fourth-order valence-corrected chi connectivity index (χ4v) is 4.47. The molecule has 0 saturated carbocycles. The first-order valence-electron chi connectivity index (χ1n) is 8.38. The van der Waals surface area contributed by atoms with E-state index in [1.807, 2.05) is 49.2 Å². The molecule has 1 aromatic carbocycles. The van der Waals surface area contributed by atoms with Gasteiger partial charge in [0.1, 0.15) is 11.9 Å². The highest BCUT2D eigenvalue weighted by Gasteiger charge is 2.46. The van der Waals surface area contributed by atoms with E-state index in [1.165, 1.54) is 0 Å². The first-order chi connectivity index (χ1) is 11.8. The van der Waals surface area contributed by atoms with E-state index in [0.717, 1.165) is 21.6 Å². The van der Waals surface area contributed by atoms with Crippen molar-refractivity contribution in [2.45, 2.75) is 38.5 Å². The van der Waals surface area contributed by atoms with Gasteiger partial charge < -0.3 is 9.88 Å². The fraction of sp³-hybridized carbons (Fsp3) is 0.421. The topological polar surface area (TPSA) is 49.0 Å². The predicted octanol–water partition coefficient (Wildman–Crippen LogP) is 5.05. The molecule has 25 heavy (non-hydrogen) atoms. The number of thioether (sulfide) groups is 1. The summed E-state index contributed by atoms with van der Waals surface area (Å²) in [5.74, 6) is 1.85. The molecule has 1 saturated heterocycles. The highest BCUT2D eigenvalue weighted by molar-refractivity contribution is 9.10. The zero-order chi connectivity index (χ0) is 18.2. The summed E-state index contributed by atoms with van der Waals surface area (Å²) >= 11 is 5.25. The average Bonchev–Trinajstić information content (AvgIpc) is 3.11. The third-order valence-corrected chi connectivity index (χ3v) is 6.22. The molecule has 1 aliphatic heterocycles. The minimum absolute atomic E-state index is 0.0656. The number of hydrogen-bond acceptors (Lipinski definition) is 3. The standard InChI is InChI=1S/C19H23BrN3OS/c1-12(2)9-16(24)23-11-25-19(3,4)17(23)18-21-10-15(22-18)13-5-7-14(20)8-6-13/h5-10,12,17H,11H2,1-4H3,(H,21,22). The molecule has 2 aromatic rings. The van der Waals surface area contributed by atoms with Crippen molar-refractivity contribution in [2.24, 2.45) is 5.92 Å². The Bertz CT molecular complexity index is 754. The van der Waals surface area contributed by atoms with E-state index in [9.17, 15) is 4.79 Å². The molecule has 1 fully saturated rings. The summed E-state index contributed by atoms with van der Waals surface area (Å²) in [6, 6.07) is 8.05. The number of imidazole rings is 1. The van der Waals surface area contributed by atoms with Crippen molar-refractivity contribution in [3.63, 3.8) is 0 Å². The first-order valence-corrected chi connectivity index (χ1v) is 10.2. The van der Waals surface area contributed by atoms with E-state index in [2.05, 4.69) is 39.7 Å². The van der Waals surface area contributed by atoms with E-state index in [4.69, 9.17) is 0 Å². The van der Waals surface area contributed by atoms with Crippen LogP contribution in [0.5, 0.6) is 0 Å². The summed E-state index contributed by atoms with van der Waals surface area (Å²) in [5.41, 5.74) is 2.05. The molecular formula is C19H23BrN3OS. The van der Waals surface area contributed by atoms with Gasteiger partial charge in [-0.2, -0.15) is 0 Å². The van der Waals surface area contributed by atoms with Crippen LogP contribution in [0.1, 0.15) is 39.6 Å². The summed E-state index contributed by atoms with van der Waals surface area (Å²) in [7, 11) is 0. The highest BCUT2D eigenvalue weighted by atomic mass is 79.9. The number of halogens is 1. The van der Waals surface area contributed by atoms with Crippen molar-refractivity contribution in [1.29, 1.82) is 0 Å². The Morgan fingerprint density at radius 2 is 2.08 bits per heavy atom. The Labute approximate surface area is 161 Å². The summed E-state index contributed by atoms with van der Waals surface area (Å²) in [6.45, 7) is 8.40. The van der Waals surface area contributed by atoms with Crippen LogP contribution in [0, 0.1) is 12.3 Å². The lowest BCUT2D eigenvalue weighted by Gasteiger charge is -2.30. The number of carbonyl (C=O) groups excluding carboxylic acids is 1. The smallest absolute Gasteiger partial charge is 0.228 e. The van der Waals surface area contributed by atoms with Crippen LogP contribution in [0.25, 0.3) is 11.3 Å². The van der Waals surface area contributed by atoms with Crippen molar-refractivity contribution in [2.75, 3.05) is 5.88 Å². The molecule has 1 unspecified atom stereocenters. The number of nitrogens with one attached hydrogen (secondary N) is 1. The van der Waals surface area contributed by atoms with Crippen molar-refractivity contribution >= 4 is 33.6 Å². The summed E-state index contributed by atoms with van der Waals surface area (Å²) in [4.78, 5) is 22.6. The molecule has 6 heteroatoms. The van der Waals surface area contributed by atoms with Crippen LogP contribution >= 0.6 is 27.7 Å². The number of carbonyl (C=O) groups is 1. The molecule has 0 aliphatic carbocycles. The number of aromatic amines is 1. The molecule has 133 valence electrons. The van der Waals surface area contributed by atoms with Crippen molar-refractivity contribution in [3.05, 3.63) is 47.2 Å². The first kappa shape index (κ1) is 18.5. The maximum atomic E-state index is 12.7. The van der Waals surface area contributed by atoms with Crippen LogP contribution in [0.3, 0.4) is 0 Å². The Morgan fingerprint density at radius 1 is 1.40 bits per heavy atom. The van der Waals surface area contributed by atoms with Crippen LogP contribution in [0.15, 0.2) is 34.9 Å². The molecule has 3 rings (SSSR count). The Hall–Kier alpha value is -1.27. The Morgan fingerprint density at radius 3 is 2.72 bits per heavy atom. The largest absolute Gasteiger partial charge is 0.340 e. The van der Waals surface area contributed by atoms with E-state index in [-0.39, 0.29) is 22.6 Å². The van der Waals surface area contributed by atoms with Gasteiger partial charge in [-0.3, -0.25) is 4.79 Å². The fourth-order valence-electron chi connectivity index (χ4n) is 3.07. The van der Waals surface area contributed by atoms with Gasteiger partial charge >= 0.3 is 0 Å². The molecule has 1 atom stereocenters. The predicted molar refractivity (Wildman–Crippen MR) is 107 cm³/mol. The van der Waals surface area contributed by atoms with Crippen LogP contribution in [0.2, 0.25) is 0 Å². The number of benzene rings is 1. The van der Waals surface area contributed by atoms with Gasteiger partial charge in [0.25, 0.3) is 0 Å². The molecule has 1 N–H and O–H groups in total. The van der Waals surface area contributed by atoms with Crippen LogP contribution < -0.4 is 0 Å². The molecule has 1 amide bonds. The van der Waals surface area contributed by atoms with Crippen LogP contribution in [-0.2, 0) is 4.79 Å². The van der Waals surface area contributed by atoms with Gasteiger partial charge in [0.05, 0.1) is 24.2 Å². The van der Waals surface area contributed by atoms with Crippen molar-refractivity contribution in [1.82, 2.24) is 14.9 Å².